The fraction of sp³-hybridized carbons (Fsp3) is 1.00. The molecule has 0 aromatic carbocycles. The van der Waals surface area contributed by atoms with Crippen LogP contribution in [0, 0.1) is 5.92 Å². The van der Waals surface area contributed by atoms with Crippen LogP contribution in [0.25, 0.3) is 0 Å². The summed E-state index contributed by atoms with van der Waals surface area (Å²) in [5.74, 6) is 0.856. The van der Waals surface area contributed by atoms with Gasteiger partial charge in [0, 0.05) is 19.6 Å². The van der Waals surface area contributed by atoms with Gasteiger partial charge in [0.1, 0.15) is 0 Å². The Morgan fingerprint density at radius 1 is 1.36 bits per heavy atom. The molecule has 2 nitrogen and oxygen atoms in total. The lowest BCUT2D eigenvalue weighted by Crippen LogP contribution is -2.29. The lowest BCUT2D eigenvalue weighted by atomic mass is 10.1. The fourth-order valence-corrected chi connectivity index (χ4v) is 1.63. The van der Waals surface area contributed by atoms with Crippen LogP contribution < -0.4 is 5.32 Å². The second kappa shape index (κ2) is 4.73. The molecule has 0 spiro atoms. The molecule has 0 N–H and O–H groups in total. The van der Waals surface area contributed by atoms with E-state index in [2.05, 4.69) is 24.1 Å². The van der Waals surface area contributed by atoms with E-state index in [4.69, 9.17) is 0 Å². The van der Waals surface area contributed by atoms with E-state index >= 15 is 0 Å². The Labute approximate surface area is 70.0 Å². The van der Waals surface area contributed by atoms with E-state index < -0.39 is 0 Å². The topological polar surface area (TPSA) is 17.3 Å². The maximum Gasteiger partial charge on any atom is 0.0174 e. The SMILES string of the molecule is CCN(CC)CC1CC[N]C1. The van der Waals surface area contributed by atoms with Crippen molar-refractivity contribution in [2.75, 3.05) is 32.7 Å². The van der Waals surface area contributed by atoms with Crippen LogP contribution in [-0.4, -0.2) is 37.6 Å². The van der Waals surface area contributed by atoms with E-state index in [1.54, 1.807) is 0 Å². The summed E-state index contributed by atoms with van der Waals surface area (Å²) in [5.41, 5.74) is 0. The maximum atomic E-state index is 4.36. The molecule has 1 aliphatic rings. The van der Waals surface area contributed by atoms with Crippen LogP contribution in [0.3, 0.4) is 0 Å². The smallest absolute Gasteiger partial charge is 0.0174 e. The number of nitrogens with zero attached hydrogens (tertiary/aromatic N) is 2. The third kappa shape index (κ3) is 2.80. The molecule has 1 rings (SSSR count). The molecule has 0 bridgehead atoms. The first kappa shape index (κ1) is 9.01. The van der Waals surface area contributed by atoms with Crippen molar-refractivity contribution in [2.24, 2.45) is 5.92 Å². The minimum atomic E-state index is 0.856. The normalized spacial score (nSPS) is 24.8. The molecule has 2 heteroatoms. The van der Waals surface area contributed by atoms with Crippen LogP contribution in [0.15, 0.2) is 0 Å². The highest BCUT2D eigenvalue weighted by Crippen LogP contribution is 2.10. The first-order chi connectivity index (χ1) is 5.36. The second-order valence-corrected chi connectivity index (χ2v) is 3.27. The lowest BCUT2D eigenvalue weighted by molar-refractivity contribution is 0.260. The van der Waals surface area contributed by atoms with Crippen molar-refractivity contribution >= 4 is 0 Å². The third-order valence-electron chi connectivity index (χ3n) is 2.49. The molecule has 1 radical (unpaired) electrons. The minimum Gasteiger partial charge on any atom is -0.304 e. The van der Waals surface area contributed by atoms with Crippen LogP contribution in [0.1, 0.15) is 20.3 Å². The van der Waals surface area contributed by atoms with Crippen molar-refractivity contribution < 1.29 is 0 Å². The van der Waals surface area contributed by atoms with Crippen molar-refractivity contribution in [3.05, 3.63) is 0 Å². The molecular weight excluding hydrogens is 136 g/mol. The lowest BCUT2D eigenvalue weighted by Gasteiger charge is -2.21. The molecule has 1 heterocycles. The van der Waals surface area contributed by atoms with E-state index in [0.29, 0.717) is 0 Å². The molecule has 1 atom stereocenters. The van der Waals surface area contributed by atoms with Crippen LogP contribution >= 0.6 is 0 Å². The van der Waals surface area contributed by atoms with Crippen molar-refractivity contribution in [3.63, 3.8) is 0 Å². The van der Waals surface area contributed by atoms with Crippen molar-refractivity contribution in [1.82, 2.24) is 10.2 Å². The quantitative estimate of drug-likeness (QED) is 0.591. The zero-order valence-electron chi connectivity index (χ0n) is 7.71. The zero-order chi connectivity index (χ0) is 8.10. The summed E-state index contributed by atoms with van der Waals surface area (Å²) in [4.78, 5) is 2.49. The predicted octanol–water partition coefficient (Wildman–Crippen LogP) is 0.952. The first-order valence-corrected chi connectivity index (χ1v) is 4.72. The Hall–Kier alpha value is -0.0800. The van der Waals surface area contributed by atoms with Gasteiger partial charge in [0.2, 0.25) is 0 Å². The third-order valence-corrected chi connectivity index (χ3v) is 2.49. The molecule has 0 amide bonds. The van der Waals surface area contributed by atoms with Crippen LogP contribution in [-0.2, 0) is 0 Å². The molecule has 1 unspecified atom stereocenters. The Balaban J connectivity index is 2.16. The molecule has 0 aromatic rings. The summed E-state index contributed by atoms with van der Waals surface area (Å²) in [5, 5.41) is 4.36. The molecule has 1 fully saturated rings. The first-order valence-electron chi connectivity index (χ1n) is 4.72. The van der Waals surface area contributed by atoms with Gasteiger partial charge in [0.05, 0.1) is 0 Å². The molecule has 11 heavy (non-hydrogen) atoms. The van der Waals surface area contributed by atoms with Crippen molar-refractivity contribution in [1.29, 1.82) is 0 Å². The van der Waals surface area contributed by atoms with Gasteiger partial charge in [-0.1, -0.05) is 13.8 Å². The van der Waals surface area contributed by atoms with Gasteiger partial charge in [-0.15, -0.1) is 0 Å². The highest BCUT2D eigenvalue weighted by molar-refractivity contribution is 4.73. The summed E-state index contributed by atoms with van der Waals surface area (Å²) < 4.78 is 0. The van der Waals surface area contributed by atoms with Gasteiger partial charge in [-0.25, -0.2) is 5.32 Å². The second-order valence-electron chi connectivity index (χ2n) is 3.27. The minimum absolute atomic E-state index is 0.856. The van der Waals surface area contributed by atoms with E-state index in [0.717, 1.165) is 19.0 Å². The van der Waals surface area contributed by atoms with E-state index in [9.17, 15) is 0 Å². The van der Waals surface area contributed by atoms with Gasteiger partial charge < -0.3 is 4.90 Å². The molecule has 65 valence electrons. The standard InChI is InChI=1S/C9H19N2/c1-3-11(4-2)8-9-5-6-10-7-9/h9H,3-8H2,1-2H3. The summed E-state index contributed by atoms with van der Waals surface area (Å²) >= 11 is 0. The summed E-state index contributed by atoms with van der Waals surface area (Å²) in [6.07, 6.45) is 1.32. The van der Waals surface area contributed by atoms with Gasteiger partial charge in [0.15, 0.2) is 0 Å². The van der Waals surface area contributed by atoms with Crippen molar-refractivity contribution in [2.45, 2.75) is 20.3 Å². The van der Waals surface area contributed by atoms with Crippen molar-refractivity contribution in [3.8, 4) is 0 Å². The number of hydrogen-bond donors (Lipinski definition) is 0. The Morgan fingerprint density at radius 2 is 2.09 bits per heavy atom. The molecule has 1 saturated heterocycles. The van der Waals surface area contributed by atoms with E-state index in [1.165, 1.54) is 26.1 Å². The highest BCUT2D eigenvalue weighted by Gasteiger charge is 2.17. The summed E-state index contributed by atoms with van der Waals surface area (Å²) in [7, 11) is 0. The Morgan fingerprint density at radius 3 is 2.55 bits per heavy atom. The van der Waals surface area contributed by atoms with Gasteiger partial charge in [-0.3, -0.25) is 0 Å². The average Bonchev–Trinajstić information content (AvgIpc) is 2.52. The zero-order valence-corrected chi connectivity index (χ0v) is 7.71. The monoisotopic (exact) mass is 155 g/mol. The van der Waals surface area contributed by atoms with Gasteiger partial charge in [0.25, 0.3) is 0 Å². The molecule has 0 saturated carbocycles. The van der Waals surface area contributed by atoms with Crippen LogP contribution in [0.4, 0.5) is 0 Å². The average molecular weight is 155 g/mol. The summed E-state index contributed by atoms with van der Waals surface area (Å²) in [6, 6.07) is 0. The Bertz CT molecular complexity index is 93.7. The molecular formula is C9H19N2. The predicted molar refractivity (Wildman–Crippen MR) is 47.8 cm³/mol. The highest BCUT2D eigenvalue weighted by atomic mass is 15.1. The fourth-order valence-electron chi connectivity index (χ4n) is 1.63. The van der Waals surface area contributed by atoms with E-state index in [1.807, 2.05) is 0 Å². The van der Waals surface area contributed by atoms with Crippen LogP contribution in [0.5, 0.6) is 0 Å². The Kier molecular flexibility index (Phi) is 3.87. The largest absolute Gasteiger partial charge is 0.304 e. The van der Waals surface area contributed by atoms with Gasteiger partial charge in [-0.2, -0.15) is 0 Å². The van der Waals surface area contributed by atoms with Gasteiger partial charge >= 0.3 is 0 Å². The molecule has 1 aliphatic heterocycles. The number of hydrogen-bond acceptors (Lipinski definition) is 1. The number of rotatable bonds is 4. The van der Waals surface area contributed by atoms with Gasteiger partial charge in [-0.05, 0) is 25.4 Å². The maximum absolute atomic E-state index is 4.36. The molecule has 0 aromatic heterocycles. The van der Waals surface area contributed by atoms with Crippen LogP contribution in [0.2, 0.25) is 0 Å². The van der Waals surface area contributed by atoms with E-state index in [-0.39, 0.29) is 0 Å². The molecule has 0 aliphatic carbocycles. The summed E-state index contributed by atoms with van der Waals surface area (Å²) in [6.45, 7) is 10.3.